The first-order chi connectivity index (χ1) is 13.2. The van der Waals surface area contributed by atoms with Crippen LogP contribution in [0.15, 0.2) is 78.9 Å². The summed E-state index contributed by atoms with van der Waals surface area (Å²) in [6, 6.07) is 27.1. The second-order valence-electron chi connectivity index (χ2n) is 6.83. The standard InChI is InChI=1S/C24H26ClNO/c1-19(14-15-20-8-3-2-4-9-20)26-17-22-11-5-6-13-24(22)27-18-21-10-7-12-23(25)16-21/h2-13,16,19,26H,14-15,17-18H2,1H3/t19-/m0/s1. The van der Waals surface area contributed by atoms with E-state index in [2.05, 4.69) is 54.7 Å². The van der Waals surface area contributed by atoms with Crippen LogP contribution < -0.4 is 10.1 Å². The Bertz CT molecular complexity index is 835. The largest absolute Gasteiger partial charge is 0.489 e. The first kappa shape index (κ1) is 19.5. The van der Waals surface area contributed by atoms with E-state index in [4.69, 9.17) is 16.3 Å². The smallest absolute Gasteiger partial charge is 0.124 e. The molecule has 0 aliphatic rings. The predicted octanol–water partition coefficient (Wildman–Crippen LogP) is 6.03. The van der Waals surface area contributed by atoms with Crippen molar-refractivity contribution >= 4 is 11.6 Å². The number of benzene rings is 3. The molecule has 0 bridgehead atoms. The van der Waals surface area contributed by atoms with Crippen LogP contribution >= 0.6 is 11.6 Å². The van der Waals surface area contributed by atoms with Crippen molar-refractivity contribution in [3.63, 3.8) is 0 Å². The highest BCUT2D eigenvalue weighted by molar-refractivity contribution is 6.30. The zero-order valence-electron chi connectivity index (χ0n) is 15.7. The number of hydrogen-bond acceptors (Lipinski definition) is 2. The van der Waals surface area contributed by atoms with E-state index in [1.54, 1.807) is 0 Å². The van der Waals surface area contributed by atoms with Crippen molar-refractivity contribution in [2.24, 2.45) is 0 Å². The molecule has 0 spiro atoms. The van der Waals surface area contributed by atoms with E-state index in [-0.39, 0.29) is 0 Å². The molecule has 0 saturated carbocycles. The Morgan fingerprint density at radius 1 is 0.889 bits per heavy atom. The predicted molar refractivity (Wildman–Crippen MR) is 113 cm³/mol. The molecule has 0 saturated heterocycles. The van der Waals surface area contributed by atoms with Crippen LogP contribution in [0, 0.1) is 0 Å². The van der Waals surface area contributed by atoms with E-state index >= 15 is 0 Å². The number of nitrogens with one attached hydrogen (secondary N) is 1. The van der Waals surface area contributed by atoms with Gasteiger partial charge in [0.2, 0.25) is 0 Å². The van der Waals surface area contributed by atoms with Crippen LogP contribution in [0.4, 0.5) is 0 Å². The van der Waals surface area contributed by atoms with E-state index < -0.39 is 0 Å². The van der Waals surface area contributed by atoms with Crippen molar-refractivity contribution < 1.29 is 4.74 Å². The summed E-state index contributed by atoms with van der Waals surface area (Å²) in [7, 11) is 0. The molecule has 0 aliphatic carbocycles. The molecule has 0 aromatic heterocycles. The summed E-state index contributed by atoms with van der Waals surface area (Å²) < 4.78 is 6.04. The summed E-state index contributed by atoms with van der Waals surface area (Å²) in [5, 5.41) is 4.35. The zero-order valence-corrected chi connectivity index (χ0v) is 16.5. The van der Waals surface area contributed by atoms with Gasteiger partial charge in [-0.2, -0.15) is 0 Å². The van der Waals surface area contributed by atoms with Gasteiger partial charge in [0.05, 0.1) is 0 Å². The summed E-state index contributed by atoms with van der Waals surface area (Å²) in [6.45, 7) is 3.54. The van der Waals surface area contributed by atoms with Crippen LogP contribution in [0.25, 0.3) is 0 Å². The lowest BCUT2D eigenvalue weighted by Gasteiger charge is -2.16. The quantitative estimate of drug-likeness (QED) is 0.490. The Hall–Kier alpha value is -2.29. The first-order valence-corrected chi connectivity index (χ1v) is 9.81. The highest BCUT2D eigenvalue weighted by Crippen LogP contribution is 2.20. The number of halogens is 1. The summed E-state index contributed by atoms with van der Waals surface area (Å²) in [4.78, 5) is 0. The number of ether oxygens (including phenoxy) is 1. The Morgan fingerprint density at radius 3 is 2.44 bits per heavy atom. The second-order valence-corrected chi connectivity index (χ2v) is 7.27. The van der Waals surface area contributed by atoms with Gasteiger partial charge in [-0.15, -0.1) is 0 Å². The maximum Gasteiger partial charge on any atom is 0.124 e. The minimum Gasteiger partial charge on any atom is -0.489 e. The van der Waals surface area contributed by atoms with E-state index in [1.165, 1.54) is 11.1 Å². The highest BCUT2D eigenvalue weighted by Gasteiger charge is 2.07. The van der Waals surface area contributed by atoms with Gasteiger partial charge in [0.1, 0.15) is 12.4 Å². The summed E-state index contributed by atoms with van der Waals surface area (Å²) >= 11 is 6.05. The molecule has 140 valence electrons. The molecule has 1 N–H and O–H groups in total. The van der Waals surface area contributed by atoms with Crippen molar-refractivity contribution in [2.45, 2.75) is 39.0 Å². The van der Waals surface area contributed by atoms with Gasteiger partial charge in [0.15, 0.2) is 0 Å². The van der Waals surface area contributed by atoms with Crippen molar-refractivity contribution in [3.8, 4) is 5.75 Å². The molecule has 27 heavy (non-hydrogen) atoms. The minimum absolute atomic E-state index is 0.436. The fourth-order valence-electron chi connectivity index (χ4n) is 2.99. The molecular formula is C24H26ClNO. The van der Waals surface area contributed by atoms with Gasteiger partial charge in [-0.1, -0.05) is 72.3 Å². The fourth-order valence-corrected chi connectivity index (χ4v) is 3.21. The fraction of sp³-hybridized carbons (Fsp3) is 0.250. The third kappa shape index (κ3) is 6.42. The van der Waals surface area contributed by atoms with Gasteiger partial charge in [-0.25, -0.2) is 0 Å². The number of para-hydroxylation sites is 1. The number of hydrogen-bond donors (Lipinski definition) is 1. The molecule has 3 rings (SSSR count). The second kappa shape index (κ2) is 10.1. The lowest BCUT2D eigenvalue weighted by Crippen LogP contribution is -2.26. The summed E-state index contributed by atoms with van der Waals surface area (Å²) in [6.07, 6.45) is 2.19. The first-order valence-electron chi connectivity index (χ1n) is 9.43. The Balaban J connectivity index is 1.51. The molecular weight excluding hydrogens is 354 g/mol. The van der Waals surface area contributed by atoms with Crippen molar-refractivity contribution in [3.05, 3.63) is 101 Å². The molecule has 0 amide bonds. The molecule has 0 unspecified atom stereocenters. The van der Waals surface area contributed by atoms with Crippen LogP contribution in [0.3, 0.4) is 0 Å². The molecule has 3 aromatic carbocycles. The van der Waals surface area contributed by atoms with Crippen LogP contribution in [-0.2, 0) is 19.6 Å². The van der Waals surface area contributed by atoms with Crippen molar-refractivity contribution in [1.82, 2.24) is 5.32 Å². The molecule has 0 aliphatic heterocycles. The van der Waals surface area contributed by atoms with E-state index in [1.807, 2.05) is 36.4 Å². The lowest BCUT2D eigenvalue weighted by molar-refractivity contribution is 0.301. The minimum atomic E-state index is 0.436. The molecule has 2 nitrogen and oxygen atoms in total. The monoisotopic (exact) mass is 379 g/mol. The molecule has 0 heterocycles. The number of aryl methyl sites for hydroxylation is 1. The molecule has 3 aromatic rings. The average molecular weight is 380 g/mol. The van der Waals surface area contributed by atoms with E-state index in [0.717, 1.165) is 35.7 Å². The van der Waals surface area contributed by atoms with Crippen LogP contribution in [0.5, 0.6) is 5.75 Å². The number of rotatable bonds is 9. The Morgan fingerprint density at radius 2 is 1.63 bits per heavy atom. The van der Waals surface area contributed by atoms with Crippen LogP contribution in [0.2, 0.25) is 5.02 Å². The highest BCUT2D eigenvalue weighted by atomic mass is 35.5. The maximum absolute atomic E-state index is 6.05. The van der Waals surface area contributed by atoms with Crippen LogP contribution in [0.1, 0.15) is 30.0 Å². The third-order valence-electron chi connectivity index (χ3n) is 4.61. The SMILES string of the molecule is C[C@@H](CCc1ccccc1)NCc1ccccc1OCc1cccc(Cl)c1. The van der Waals surface area contributed by atoms with E-state index in [9.17, 15) is 0 Å². The zero-order chi connectivity index (χ0) is 18.9. The molecule has 1 atom stereocenters. The van der Waals surface area contributed by atoms with Crippen molar-refractivity contribution in [2.75, 3.05) is 0 Å². The van der Waals surface area contributed by atoms with Gasteiger partial charge in [-0.3, -0.25) is 0 Å². The van der Waals surface area contributed by atoms with Gasteiger partial charge in [0, 0.05) is 23.2 Å². The Labute approximate surface area is 167 Å². The van der Waals surface area contributed by atoms with Gasteiger partial charge in [0.25, 0.3) is 0 Å². The molecule has 3 heteroatoms. The normalized spacial score (nSPS) is 11.9. The topological polar surface area (TPSA) is 21.3 Å². The molecule has 0 radical (unpaired) electrons. The van der Waals surface area contributed by atoms with Gasteiger partial charge in [-0.05, 0) is 49.1 Å². The molecule has 0 fully saturated rings. The Kier molecular flexibility index (Phi) is 7.32. The van der Waals surface area contributed by atoms with Crippen LogP contribution in [-0.4, -0.2) is 6.04 Å². The maximum atomic E-state index is 6.05. The van der Waals surface area contributed by atoms with E-state index in [0.29, 0.717) is 12.6 Å². The van der Waals surface area contributed by atoms with Gasteiger partial charge >= 0.3 is 0 Å². The summed E-state index contributed by atoms with van der Waals surface area (Å²) in [5.41, 5.74) is 3.63. The average Bonchev–Trinajstić information content (AvgIpc) is 2.70. The van der Waals surface area contributed by atoms with Crippen molar-refractivity contribution in [1.29, 1.82) is 0 Å². The summed E-state index contributed by atoms with van der Waals surface area (Å²) in [5.74, 6) is 0.917. The lowest BCUT2D eigenvalue weighted by atomic mass is 10.1. The van der Waals surface area contributed by atoms with Gasteiger partial charge < -0.3 is 10.1 Å². The third-order valence-corrected chi connectivity index (χ3v) is 4.84.